The zero-order valence-corrected chi connectivity index (χ0v) is 5.91. The summed E-state index contributed by atoms with van der Waals surface area (Å²) in [6.07, 6.45) is 2.53. The van der Waals surface area contributed by atoms with Crippen LogP contribution in [-0.2, 0) is 0 Å². The summed E-state index contributed by atoms with van der Waals surface area (Å²) in [6.45, 7) is 0. The molecule has 60 valence electrons. The minimum absolute atomic E-state index is 0.150. The third-order valence-corrected chi connectivity index (χ3v) is 1.65. The highest BCUT2D eigenvalue weighted by Crippen LogP contribution is 2.34. The molecular formula is C6H9N3O2. The monoisotopic (exact) mass is 155 g/mol. The Hall–Kier alpha value is -1.39. The highest BCUT2D eigenvalue weighted by molar-refractivity contribution is 5.73. The summed E-state index contributed by atoms with van der Waals surface area (Å²) in [5.74, 6) is 0.150. The molecule has 0 aromatic heterocycles. The number of nitrogens with zero attached hydrogens (tertiary/aromatic N) is 1. The van der Waals surface area contributed by atoms with Gasteiger partial charge in [0.1, 0.15) is 0 Å². The van der Waals surface area contributed by atoms with Crippen molar-refractivity contribution in [3.63, 3.8) is 0 Å². The summed E-state index contributed by atoms with van der Waals surface area (Å²) < 4.78 is 0. The molecule has 0 bridgehead atoms. The van der Waals surface area contributed by atoms with Crippen LogP contribution in [0.2, 0.25) is 0 Å². The Balaban J connectivity index is 2.85. The van der Waals surface area contributed by atoms with E-state index in [0.717, 1.165) is 12.8 Å². The Morgan fingerprint density at radius 3 is 2.55 bits per heavy atom. The van der Waals surface area contributed by atoms with Crippen LogP contribution in [0.15, 0.2) is 11.4 Å². The van der Waals surface area contributed by atoms with Gasteiger partial charge >= 0.3 is 5.70 Å². The van der Waals surface area contributed by atoms with Crippen molar-refractivity contribution >= 4 is 6.21 Å². The molecule has 5 nitrogen and oxygen atoms in total. The van der Waals surface area contributed by atoms with Crippen molar-refractivity contribution in [3.8, 4) is 0 Å². The Morgan fingerprint density at radius 2 is 2.27 bits per heavy atom. The Bertz CT molecular complexity index is 230. The van der Waals surface area contributed by atoms with E-state index in [1.165, 1.54) is 0 Å². The van der Waals surface area contributed by atoms with Crippen molar-refractivity contribution in [2.45, 2.75) is 12.8 Å². The number of hydrogen-bond donors (Lipinski definition) is 2. The van der Waals surface area contributed by atoms with Gasteiger partial charge in [-0.2, -0.15) is 0 Å². The summed E-state index contributed by atoms with van der Waals surface area (Å²) in [7, 11) is 0. The van der Waals surface area contributed by atoms with Crippen molar-refractivity contribution in [2.24, 2.45) is 11.7 Å². The third kappa shape index (κ3) is 1.54. The Kier molecular flexibility index (Phi) is 1.89. The van der Waals surface area contributed by atoms with E-state index in [9.17, 15) is 10.1 Å². The second-order valence-corrected chi connectivity index (χ2v) is 2.52. The zero-order valence-electron chi connectivity index (χ0n) is 5.91. The molecule has 0 heterocycles. The lowest BCUT2D eigenvalue weighted by atomic mass is 10.2. The maximum atomic E-state index is 10.2. The van der Waals surface area contributed by atoms with Crippen LogP contribution in [0.3, 0.4) is 0 Å². The van der Waals surface area contributed by atoms with Gasteiger partial charge in [-0.15, -0.1) is 0 Å². The van der Waals surface area contributed by atoms with E-state index in [1.54, 1.807) is 0 Å². The molecule has 1 rings (SSSR count). The van der Waals surface area contributed by atoms with Crippen molar-refractivity contribution < 1.29 is 4.92 Å². The Morgan fingerprint density at radius 1 is 1.73 bits per heavy atom. The molecule has 5 heteroatoms. The van der Waals surface area contributed by atoms with Crippen molar-refractivity contribution in [1.82, 2.24) is 0 Å². The first kappa shape index (κ1) is 7.71. The summed E-state index contributed by atoms with van der Waals surface area (Å²) in [5.41, 5.74) is 5.42. The van der Waals surface area contributed by atoms with Crippen LogP contribution in [0.4, 0.5) is 0 Å². The van der Waals surface area contributed by atoms with E-state index < -0.39 is 4.92 Å². The molecule has 0 saturated heterocycles. The minimum Gasteiger partial charge on any atom is -0.396 e. The minimum atomic E-state index is -0.610. The van der Waals surface area contributed by atoms with Gasteiger partial charge in [-0.3, -0.25) is 10.1 Å². The van der Waals surface area contributed by atoms with E-state index in [2.05, 4.69) is 0 Å². The van der Waals surface area contributed by atoms with Gasteiger partial charge in [0.2, 0.25) is 0 Å². The summed E-state index contributed by atoms with van der Waals surface area (Å²) >= 11 is 0. The molecule has 11 heavy (non-hydrogen) atoms. The van der Waals surface area contributed by atoms with E-state index >= 15 is 0 Å². The standard InChI is InChI=1S/C6H9N3O2/c7-3-5(9(10)11)6(8)4-1-2-4/h3-4,7H,1-2,8H2. The topological polar surface area (TPSA) is 93.0 Å². The van der Waals surface area contributed by atoms with Crippen LogP contribution < -0.4 is 5.73 Å². The number of nitrogens with one attached hydrogen (secondary N) is 1. The molecular weight excluding hydrogens is 146 g/mol. The van der Waals surface area contributed by atoms with Crippen LogP contribution in [-0.4, -0.2) is 11.1 Å². The first-order chi connectivity index (χ1) is 5.16. The van der Waals surface area contributed by atoms with Crippen molar-refractivity contribution in [2.75, 3.05) is 0 Å². The van der Waals surface area contributed by atoms with E-state index in [4.69, 9.17) is 11.1 Å². The van der Waals surface area contributed by atoms with Crippen LogP contribution in [0, 0.1) is 21.4 Å². The zero-order chi connectivity index (χ0) is 8.43. The van der Waals surface area contributed by atoms with Crippen LogP contribution >= 0.6 is 0 Å². The maximum absolute atomic E-state index is 10.2. The molecule has 0 atom stereocenters. The predicted molar refractivity (Wildman–Crippen MR) is 39.7 cm³/mol. The molecule has 0 aromatic carbocycles. The Labute approximate surface area is 63.5 Å². The molecule has 0 aromatic rings. The molecule has 3 N–H and O–H groups in total. The lowest BCUT2D eigenvalue weighted by Crippen LogP contribution is -2.11. The first-order valence-electron chi connectivity index (χ1n) is 3.31. The van der Waals surface area contributed by atoms with Crippen molar-refractivity contribution in [3.05, 3.63) is 21.5 Å². The fourth-order valence-electron chi connectivity index (χ4n) is 0.845. The molecule has 0 radical (unpaired) electrons. The lowest BCUT2D eigenvalue weighted by molar-refractivity contribution is -0.415. The normalized spacial score (nSPS) is 18.9. The van der Waals surface area contributed by atoms with Gasteiger partial charge in [0.05, 0.1) is 16.8 Å². The second kappa shape index (κ2) is 2.69. The fraction of sp³-hybridized carbons (Fsp3) is 0.500. The van der Waals surface area contributed by atoms with Crippen molar-refractivity contribution in [1.29, 1.82) is 5.41 Å². The largest absolute Gasteiger partial charge is 0.396 e. The first-order valence-corrected chi connectivity index (χ1v) is 3.31. The van der Waals surface area contributed by atoms with Gasteiger partial charge in [0, 0.05) is 5.92 Å². The number of nitrogens with two attached hydrogens (primary N) is 1. The van der Waals surface area contributed by atoms with Gasteiger partial charge in [-0.25, -0.2) is 0 Å². The summed E-state index contributed by atoms with van der Waals surface area (Å²) in [4.78, 5) is 9.61. The molecule has 0 amide bonds. The smallest absolute Gasteiger partial charge is 0.305 e. The van der Waals surface area contributed by atoms with Gasteiger partial charge in [-0.05, 0) is 12.8 Å². The second-order valence-electron chi connectivity index (χ2n) is 2.52. The number of hydrogen-bond acceptors (Lipinski definition) is 4. The van der Waals surface area contributed by atoms with E-state index in [0.29, 0.717) is 6.21 Å². The molecule has 1 aliphatic rings. The highest BCUT2D eigenvalue weighted by atomic mass is 16.6. The van der Waals surface area contributed by atoms with E-state index in [-0.39, 0.29) is 17.3 Å². The number of rotatable bonds is 3. The predicted octanol–water partition coefficient (Wildman–Crippen LogP) is 0.493. The average molecular weight is 155 g/mol. The fourth-order valence-corrected chi connectivity index (χ4v) is 0.845. The molecule has 1 aliphatic carbocycles. The van der Waals surface area contributed by atoms with Gasteiger partial charge in [-0.1, -0.05) is 0 Å². The molecule has 0 aliphatic heterocycles. The lowest BCUT2D eigenvalue weighted by Gasteiger charge is -1.95. The number of nitro groups is 1. The summed E-state index contributed by atoms with van der Waals surface area (Å²) in [6, 6.07) is 0. The average Bonchev–Trinajstić information content (AvgIpc) is 2.68. The van der Waals surface area contributed by atoms with E-state index in [1.807, 2.05) is 0 Å². The van der Waals surface area contributed by atoms with Gasteiger partial charge in [0.25, 0.3) is 0 Å². The quantitative estimate of drug-likeness (QED) is 0.353. The van der Waals surface area contributed by atoms with Gasteiger partial charge < -0.3 is 11.1 Å². The van der Waals surface area contributed by atoms with Gasteiger partial charge in [0.15, 0.2) is 0 Å². The molecule has 0 spiro atoms. The van der Waals surface area contributed by atoms with Crippen LogP contribution in [0.5, 0.6) is 0 Å². The van der Waals surface area contributed by atoms with Crippen LogP contribution in [0.25, 0.3) is 0 Å². The molecule has 0 unspecified atom stereocenters. The number of allylic oxidation sites excluding steroid dienone is 2. The molecule has 1 fully saturated rings. The van der Waals surface area contributed by atoms with Crippen LogP contribution in [0.1, 0.15) is 12.8 Å². The highest BCUT2D eigenvalue weighted by Gasteiger charge is 2.30. The maximum Gasteiger partial charge on any atom is 0.305 e. The SMILES string of the molecule is N=CC(=C(N)C1CC1)[N+](=O)[O-]. The third-order valence-electron chi connectivity index (χ3n) is 1.65. The molecule has 1 saturated carbocycles. The summed E-state index contributed by atoms with van der Waals surface area (Å²) in [5, 5.41) is 17.0.